The highest BCUT2D eigenvalue weighted by Crippen LogP contribution is 2.28. The summed E-state index contributed by atoms with van der Waals surface area (Å²) in [6, 6.07) is 4.50. The monoisotopic (exact) mass is 329 g/mol. The number of hydrogen-bond donors (Lipinski definition) is 4. The first-order valence-corrected chi connectivity index (χ1v) is 7.04. The summed E-state index contributed by atoms with van der Waals surface area (Å²) in [5.41, 5.74) is -1.34. The summed E-state index contributed by atoms with van der Waals surface area (Å²) in [4.78, 5) is 26.5. The Kier molecular flexibility index (Phi) is 4.31. The fourth-order valence-corrected chi connectivity index (χ4v) is 2.56. The van der Waals surface area contributed by atoms with Crippen molar-refractivity contribution in [3.63, 3.8) is 0 Å². The maximum atomic E-state index is 11.6. The molecule has 1 atom stereocenters. The van der Waals surface area contributed by atoms with Gasteiger partial charge in [0, 0.05) is 5.02 Å². The second kappa shape index (κ2) is 5.84. The minimum Gasteiger partial charge on any atom is -0.479 e. The smallest absolute Gasteiger partial charge is 0.337 e. The summed E-state index contributed by atoms with van der Waals surface area (Å²) >= 11 is 7.09. The van der Waals surface area contributed by atoms with Gasteiger partial charge in [0.1, 0.15) is 0 Å². The third-order valence-electron chi connectivity index (χ3n) is 2.62. The molecule has 2 rings (SSSR count). The predicted octanol–water partition coefficient (Wildman–Crippen LogP) is 1.91. The summed E-state index contributed by atoms with van der Waals surface area (Å²) in [7, 11) is 0. The average Bonchev–Trinajstić information content (AvgIpc) is 2.77. The van der Waals surface area contributed by atoms with Crippen molar-refractivity contribution in [1.82, 2.24) is 10.3 Å². The molecule has 0 fully saturated rings. The molecule has 1 heterocycles. The zero-order valence-electron chi connectivity index (χ0n) is 10.9. The van der Waals surface area contributed by atoms with Crippen LogP contribution in [0.4, 0.5) is 9.93 Å². The van der Waals surface area contributed by atoms with E-state index in [1.807, 2.05) is 0 Å². The highest BCUT2D eigenvalue weighted by molar-refractivity contribution is 7.22. The number of rotatable bonds is 4. The molecule has 2 amide bonds. The van der Waals surface area contributed by atoms with Crippen LogP contribution in [0.3, 0.4) is 0 Å². The van der Waals surface area contributed by atoms with Gasteiger partial charge in [0.15, 0.2) is 10.7 Å². The number of benzene rings is 1. The summed E-state index contributed by atoms with van der Waals surface area (Å²) < 4.78 is 0.815. The van der Waals surface area contributed by atoms with Crippen LogP contribution in [0.15, 0.2) is 18.2 Å². The van der Waals surface area contributed by atoms with Crippen molar-refractivity contribution >= 4 is 50.3 Å². The summed E-state index contributed by atoms with van der Waals surface area (Å²) in [6.07, 6.45) is 0. The molecular formula is C12H12ClN3O4S. The lowest BCUT2D eigenvalue weighted by Gasteiger charge is -2.18. The zero-order chi connectivity index (χ0) is 15.6. The van der Waals surface area contributed by atoms with Crippen molar-refractivity contribution in [1.29, 1.82) is 0 Å². The van der Waals surface area contributed by atoms with E-state index in [0.29, 0.717) is 15.7 Å². The molecule has 1 aromatic heterocycles. The van der Waals surface area contributed by atoms with Crippen molar-refractivity contribution in [2.45, 2.75) is 12.5 Å². The zero-order valence-corrected chi connectivity index (χ0v) is 12.5. The number of urea groups is 1. The second-order valence-electron chi connectivity index (χ2n) is 4.52. The maximum Gasteiger partial charge on any atom is 0.337 e. The number of halogens is 1. The number of hydrogen-bond acceptors (Lipinski definition) is 5. The highest BCUT2D eigenvalue weighted by Gasteiger charge is 2.30. The normalized spacial score (nSPS) is 13.7. The van der Waals surface area contributed by atoms with Gasteiger partial charge in [-0.15, -0.1) is 0 Å². The lowest BCUT2D eigenvalue weighted by Crippen LogP contribution is -2.47. The van der Waals surface area contributed by atoms with E-state index in [2.05, 4.69) is 15.6 Å². The first-order chi connectivity index (χ1) is 9.78. The van der Waals surface area contributed by atoms with Gasteiger partial charge in [-0.25, -0.2) is 14.6 Å². The van der Waals surface area contributed by atoms with Gasteiger partial charge in [-0.05, 0) is 25.1 Å². The molecule has 0 aliphatic carbocycles. The molecule has 0 radical (unpaired) electrons. The van der Waals surface area contributed by atoms with Crippen molar-refractivity contribution in [2.24, 2.45) is 0 Å². The number of aliphatic carboxylic acids is 1. The van der Waals surface area contributed by atoms with Crippen molar-refractivity contribution in [3.8, 4) is 0 Å². The van der Waals surface area contributed by atoms with Gasteiger partial charge in [0.25, 0.3) is 0 Å². The van der Waals surface area contributed by atoms with Gasteiger partial charge in [0.05, 0.1) is 16.8 Å². The summed E-state index contributed by atoms with van der Waals surface area (Å²) in [6.45, 7) is 0.667. The molecule has 0 saturated heterocycles. The van der Waals surface area contributed by atoms with E-state index in [-0.39, 0.29) is 0 Å². The number of thiazole rings is 1. The molecule has 1 unspecified atom stereocenters. The molecule has 0 bridgehead atoms. The van der Waals surface area contributed by atoms with Crippen LogP contribution in [-0.2, 0) is 4.79 Å². The van der Waals surface area contributed by atoms with Crippen LogP contribution in [0.1, 0.15) is 6.92 Å². The number of carbonyl (C=O) groups excluding carboxylic acids is 1. The van der Waals surface area contributed by atoms with Gasteiger partial charge in [-0.2, -0.15) is 0 Å². The molecule has 21 heavy (non-hydrogen) atoms. The van der Waals surface area contributed by atoms with Crippen molar-refractivity contribution in [2.75, 3.05) is 11.9 Å². The largest absolute Gasteiger partial charge is 0.479 e. The Morgan fingerprint density at radius 2 is 2.19 bits per heavy atom. The number of nitrogens with one attached hydrogen (secondary N) is 2. The molecule has 9 heteroatoms. The van der Waals surface area contributed by atoms with E-state index in [1.54, 1.807) is 18.2 Å². The molecule has 0 aliphatic rings. The average molecular weight is 330 g/mol. The molecule has 112 valence electrons. The number of amides is 2. The number of carbonyl (C=O) groups is 2. The number of nitrogens with zero attached hydrogens (tertiary/aromatic N) is 1. The SMILES string of the molecule is CC(O)(CNC(=O)Nc1nc2ccc(Cl)cc2s1)C(=O)O. The van der Waals surface area contributed by atoms with E-state index in [1.165, 1.54) is 11.3 Å². The van der Waals surface area contributed by atoms with Gasteiger partial charge < -0.3 is 15.5 Å². The predicted molar refractivity (Wildman–Crippen MR) is 79.9 cm³/mol. The van der Waals surface area contributed by atoms with Crippen molar-refractivity contribution < 1.29 is 19.8 Å². The molecule has 1 aromatic carbocycles. The minimum atomic E-state index is -2.03. The van der Waals surface area contributed by atoms with Crippen LogP contribution in [0.25, 0.3) is 10.2 Å². The number of anilines is 1. The Morgan fingerprint density at radius 1 is 1.48 bits per heavy atom. The van der Waals surface area contributed by atoms with E-state index in [0.717, 1.165) is 11.6 Å². The standard InChI is InChI=1S/C12H12ClN3O4S/c1-12(20,9(17)18)5-14-10(19)16-11-15-7-3-2-6(13)4-8(7)21-11/h2-4,20H,5H2,1H3,(H,17,18)(H2,14,15,16,19). The first-order valence-electron chi connectivity index (χ1n) is 5.85. The van der Waals surface area contributed by atoms with E-state index < -0.39 is 24.1 Å². The van der Waals surface area contributed by atoms with Crippen LogP contribution in [0.2, 0.25) is 5.02 Å². The van der Waals surface area contributed by atoms with Crippen LogP contribution >= 0.6 is 22.9 Å². The van der Waals surface area contributed by atoms with Gasteiger partial charge in [-0.3, -0.25) is 5.32 Å². The molecule has 4 N–H and O–H groups in total. The Bertz CT molecular complexity index is 701. The maximum absolute atomic E-state index is 11.6. The number of aromatic nitrogens is 1. The summed E-state index contributed by atoms with van der Waals surface area (Å²) in [5.74, 6) is -1.42. The number of carboxylic acid groups (broad SMARTS) is 1. The van der Waals surface area contributed by atoms with E-state index >= 15 is 0 Å². The number of carboxylic acids is 1. The second-order valence-corrected chi connectivity index (χ2v) is 5.98. The number of fused-ring (bicyclic) bond motifs is 1. The van der Waals surface area contributed by atoms with E-state index in [9.17, 15) is 14.7 Å². The van der Waals surface area contributed by atoms with Crippen LogP contribution in [0.5, 0.6) is 0 Å². The molecule has 0 aliphatic heterocycles. The molecule has 0 spiro atoms. The van der Waals surface area contributed by atoms with Crippen LogP contribution in [-0.4, -0.2) is 39.3 Å². The van der Waals surface area contributed by atoms with Gasteiger partial charge in [-0.1, -0.05) is 22.9 Å². The first kappa shape index (κ1) is 15.5. The Hall–Kier alpha value is -1.90. The topological polar surface area (TPSA) is 112 Å². The molecular weight excluding hydrogens is 318 g/mol. The van der Waals surface area contributed by atoms with Crippen LogP contribution < -0.4 is 10.6 Å². The lowest BCUT2D eigenvalue weighted by molar-refractivity contribution is -0.155. The van der Waals surface area contributed by atoms with Crippen molar-refractivity contribution in [3.05, 3.63) is 23.2 Å². The fraction of sp³-hybridized carbons (Fsp3) is 0.250. The fourth-order valence-electron chi connectivity index (χ4n) is 1.42. The van der Waals surface area contributed by atoms with Gasteiger partial charge in [0.2, 0.25) is 0 Å². The summed E-state index contributed by atoms with van der Waals surface area (Å²) in [5, 5.41) is 23.9. The third-order valence-corrected chi connectivity index (χ3v) is 3.79. The van der Waals surface area contributed by atoms with Gasteiger partial charge >= 0.3 is 12.0 Å². The Labute approximate surface area is 128 Å². The lowest BCUT2D eigenvalue weighted by atomic mass is 10.1. The third kappa shape index (κ3) is 3.81. The quantitative estimate of drug-likeness (QED) is 0.684. The van der Waals surface area contributed by atoms with Crippen LogP contribution in [0, 0.1) is 0 Å². The minimum absolute atomic E-state index is 0.347. The Morgan fingerprint density at radius 3 is 2.86 bits per heavy atom. The molecule has 0 saturated carbocycles. The Balaban J connectivity index is 2.00. The number of aliphatic hydroxyl groups is 1. The molecule has 2 aromatic rings. The molecule has 7 nitrogen and oxygen atoms in total. The highest BCUT2D eigenvalue weighted by atomic mass is 35.5. The van der Waals surface area contributed by atoms with E-state index in [4.69, 9.17) is 16.7 Å².